The molecule has 0 aromatic heterocycles. The Bertz CT molecular complexity index is 1100. The van der Waals surface area contributed by atoms with E-state index in [1.165, 1.54) is 5.56 Å². The van der Waals surface area contributed by atoms with Crippen molar-refractivity contribution in [3.8, 4) is 6.07 Å². The van der Waals surface area contributed by atoms with Gasteiger partial charge in [-0.2, -0.15) is 5.26 Å². The first-order valence-corrected chi connectivity index (χ1v) is 11.2. The monoisotopic (exact) mass is 433 g/mol. The van der Waals surface area contributed by atoms with Gasteiger partial charge >= 0.3 is 0 Å². The maximum absolute atomic E-state index is 12.5. The number of amides is 1. The largest absolute Gasteiger partial charge is 0.368 e. The number of halogens is 1. The van der Waals surface area contributed by atoms with Gasteiger partial charge in [-0.15, -0.1) is 0 Å². The minimum atomic E-state index is -0.0887. The van der Waals surface area contributed by atoms with Crippen LogP contribution in [0.2, 0.25) is 5.02 Å². The van der Waals surface area contributed by atoms with Gasteiger partial charge in [-0.25, -0.2) is 0 Å². The van der Waals surface area contributed by atoms with E-state index in [0.29, 0.717) is 10.6 Å². The zero-order valence-corrected chi connectivity index (χ0v) is 18.0. The van der Waals surface area contributed by atoms with Crippen LogP contribution in [0.4, 0.5) is 11.4 Å². The van der Waals surface area contributed by atoms with E-state index in [-0.39, 0.29) is 11.8 Å². The van der Waals surface area contributed by atoms with Crippen LogP contribution < -0.4 is 10.2 Å². The fraction of sp³-hybridized carbons (Fsp3) is 0.375. The third-order valence-electron chi connectivity index (χ3n) is 6.39. The molecule has 3 heterocycles. The number of carbonyl (C=O) groups excluding carboxylic acids is 1. The molecule has 1 amide bonds. The Labute approximate surface area is 187 Å². The summed E-state index contributed by atoms with van der Waals surface area (Å²) in [4.78, 5) is 21.8. The number of hydrogen-bond donors (Lipinski definition) is 1. The van der Waals surface area contributed by atoms with Crippen molar-refractivity contribution in [3.63, 3.8) is 0 Å². The molecule has 31 heavy (non-hydrogen) atoms. The predicted octanol–water partition coefficient (Wildman–Crippen LogP) is 3.69. The molecule has 1 fully saturated rings. The van der Waals surface area contributed by atoms with Gasteiger partial charge in [0.05, 0.1) is 39.7 Å². The molecule has 2 aromatic carbocycles. The van der Waals surface area contributed by atoms with Crippen LogP contribution in [0.25, 0.3) is 0 Å². The lowest BCUT2D eigenvalue weighted by atomic mass is 9.85. The Morgan fingerprint density at radius 2 is 2.00 bits per heavy atom. The summed E-state index contributed by atoms with van der Waals surface area (Å²) in [6.45, 7) is 5.27. The standard InChI is InChI=1S/C24H24ClN5O/c25-20-12-16(14-26)4-6-22(20)30-10-8-29(9-11-30)15-17-3-5-18-21(13-17)28-24(31)19-2-1-7-27-23(18)19/h3-6,12-13,19H,1-2,7-11,15H2,(H,28,31). The maximum atomic E-state index is 12.5. The second kappa shape index (κ2) is 8.33. The average molecular weight is 434 g/mol. The highest BCUT2D eigenvalue weighted by atomic mass is 35.5. The Morgan fingerprint density at radius 3 is 2.77 bits per heavy atom. The first-order valence-electron chi connectivity index (χ1n) is 10.8. The molecule has 158 valence electrons. The van der Waals surface area contributed by atoms with Gasteiger partial charge in [-0.3, -0.25) is 14.7 Å². The van der Waals surface area contributed by atoms with Crippen LogP contribution in [0.5, 0.6) is 0 Å². The van der Waals surface area contributed by atoms with Crippen LogP contribution in [-0.4, -0.2) is 49.2 Å². The van der Waals surface area contributed by atoms with Crippen molar-refractivity contribution in [3.05, 3.63) is 58.1 Å². The topological polar surface area (TPSA) is 71.7 Å². The number of hydrogen-bond acceptors (Lipinski definition) is 5. The summed E-state index contributed by atoms with van der Waals surface area (Å²) in [5.41, 5.74) is 5.69. The van der Waals surface area contributed by atoms with Crippen LogP contribution in [-0.2, 0) is 11.3 Å². The molecule has 1 N–H and O–H groups in total. The van der Waals surface area contributed by atoms with Crippen molar-refractivity contribution in [2.24, 2.45) is 10.9 Å². The fourth-order valence-corrected chi connectivity index (χ4v) is 5.04. The maximum Gasteiger partial charge on any atom is 0.233 e. The number of benzene rings is 2. The summed E-state index contributed by atoms with van der Waals surface area (Å²) in [5.74, 6) is -0.00904. The molecule has 3 aliphatic rings. The molecule has 2 aromatic rings. The lowest BCUT2D eigenvalue weighted by Gasteiger charge is -2.36. The van der Waals surface area contributed by atoms with Crippen LogP contribution in [0.1, 0.15) is 29.5 Å². The number of rotatable bonds is 3. The number of nitrogens with one attached hydrogen (secondary N) is 1. The van der Waals surface area contributed by atoms with Gasteiger partial charge in [0.2, 0.25) is 5.91 Å². The van der Waals surface area contributed by atoms with E-state index in [4.69, 9.17) is 16.9 Å². The van der Waals surface area contributed by atoms with E-state index in [0.717, 1.165) is 74.8 Å². The number of nitriles is 1. The van der Waals surface area contributed by atoms with Gasteiger partial charge in [-0.1, -0.05) is 23.7 Å². The van der Waals surface area contributed by atoms with E-state index in [1.54, 1.807) is 6.07 Å². The number of carbonyl (C=O) groups is 1. The fourth-order valence-electron chi connectivity index (χ4n) is 4.74. The molecule has 0 radical (unpaired) electrons. The number of anilines is 2. The number of nitrogens with zero attached hydrogens (tertiary/aromatic N) is 4. The first kappa shape index (κ1) is 20.0. The Kier molecular flexibility index (Phi) is 5.39. The molecule has 1 unspecified atom stereocenters. The van der Waals surface area contributed by atoms with E-state index < -0.39 is 0 Å². The molecular formula is C24H24ClN5O. The molecule has 5 rings (SSSR count). The third-order valence-corrected chi connectivity index (χ3v) is 6.70. The quantitative estimate of drug-likeness (QED) is 0.801. The molecule has 0 bridgehead atoms. The first-order chi connectivity index (χ1) is 15.1. The molecule has 3 aliphatic heterocycles. The van der Waals surface area contributed by atoms with Crippen molar-refractivity contribution in [2.45, 2.75) is 19.4 Å². The van der Waals surface area contributed by atoms with Gasteiger partial charge in [0.15, 0.2) is 0 Å². The summed E-state index contributed by atoms with van der Waals surface area (Å²) in [6, 6.07) is 14.0. The summed E-state index contributed by atoms with van der Waals surface area (Å²) in [5, 5.41) is 12.7. The zero-order chi connectivity index (χ0) is 21.4. The summed E-state index contributed by atoms with van der Waals surface area (Å²) >= 11 is 6.38. The van der Waals surface area contributed by atoms with Crippen molar-refractivity contribution < 1.29 is 4.79 Å². The van der Waals surface area contributed by atoms with Crippen LogP contribution in [0.15, 0.2) is 41.4 Å². The molecule has 7 heteroatoms. The molecule has 0 aliphatic carbocycles. The second-order valence-corrected chi connectivity index (χ2v) is 8.78. The lowest BCUT2D eigenvalue weighted by Crippen LogP contribution is -2.46. The molecule has 1 saturated heterocycles. The number of piperazine rings is 1. The summed E-state index contributed by atoms with van der Waals surface area (Å²) < 4.78 is 0. The van der Waals surface area contributed by atoms with Crippen molar-refractivity contribution >= 4 is 34.6 Å². The number of fused-ring (bicyclic) bond motifs is 3. The van der Waals surface area contributed by atoms with Crippen molar-refractivity contribution in [1.82, 2.24) is 4.90 Å². The van der Waals surface area contributed by atoms with E-state index in [9.17, 15) is 4.79 Å². The van der Waals surface area contributed by atoms with E-state index >= 15 is 0 Å². The Hall–Kier alpha value is -2.88. The molecule has 0 spiro atoms. The predicted molar refractivity (Wildman–Crippen MR) is 123 cm³/mol. The highest BCUT2D eigenvalue weighted by molar-refractivity contribution is 6.33. The molecular weight excluding hydrogens is 410 g/mol. The summed E-state index contributed by atoms with van der Waals surface area (Å²) in [6.07, 6.45) is 1.87. The second-order valence-electron chi connectivity index (χ2n) is 8.37. The third kappa shape index (κ3) is 3.91. The van der Waals surface area contributed by atoms with Crippen LogP contribution in [0.3, 0.4) is 0 Å². The van der Waals surface area contributed by atoms with Gasteiger partial charge in [0, 0.05) is 44.8 Å². The van der Waals surface area contributed by atoms with E-state index in [1.807, 2.05) is 12.1 Å². The zero-order valence-electron chi connectivity index (χ0n) is 17.3. The van der Waals surface area contributed by atoms with Gasteiger partial charge < -0.3 is 10.2 Å². The Balaban J connectivity index is 1.25. The average Bonchev–Trinajstić information content (AvgIpc) is 2.80. The highest BCUT2D eigenvalue weighted by Crippen LogP contribution is 2.32. The lowest BCUT2D eigenvalue weighted by molar-refractivity contribution is -0.118. The van der Waals surface area contributed by atoms with Crippen molar-refractivity contribution in [1.29, 1.82) is 5.26 Å². The molecule has 1 atom stereocenters. The minimum absolute atomic E-state index is 0.0796. The smallest absolute Gasteiger partial charge is 0.233 e. The van der Waals surface area contributed by atoms with E-state index in [2.05, 4.69) is 44.4 Å². The van der Waals surface area contributed by atoms with Crippen molar-refractivity contribution in [2.75, 3.05) is 42.9 Å². The molecule has 0 saturated carbocycles. The van der Waals surface area contributed by atoms with Gasteiger partial charge in [0.25, 0.3) is 0 Å². The summed E-state index contributed by atoms with van der Waals surface area (Å²) in [7, 11) is 0. The highest BCUT2D eigenvalue weighted by Gasteiger charge is 2.33. The minimum Gasteiger partial charge on any atom is -0.368 e. The normalized spacial score (nSPS) is 20.9. The van der Waals surface area contributed by atoms with Crippen LogP contribution in [0, 0.1) is 17.2 Å². The van der Waals surface area contributed by atoms with Crippen LogP contribution >= 0.6 is 11.6 Å². The number of aliphatic imine (C=N–C) groups is 1. The SMILES string of the molecule is N#Cc1ccc(N2CCN(Cc3ccc4c(c3)NC(=O)C3CCCN=C43)CC2)c(Cl)c1. The molecule has 6 nitrogen and oxygen atoms in total. The van der Waals surface area contributed by atoms with Gasteiger partial charge in [0.1, 0.15) is 0 Å². The van der Waals surface area contributed by atoms with Gasteiger partial charge in [-0.05, 0) is 42.7 Å². The Morgan fingerprint density at radius 1 is 1.16 bits per heavy atom.